The molecule has 3 heterocycles. The lowest BCUT2D eigenvalue weighted by atomic mass is 9.96. The van der Waals surface area contributed by atoms with Crippen LogP contribution in [0.2, 0.25) is 0 Å². The van der Waals surface area contributed by atoms with Crippen LogP contribution in [0.15, 0.2) is 0 Å². The third kappa shape index (κ3) is 4.21. The molecule has 0 spiro atoms. The van der Waals surface area contributed by atoms with Crippen molar-refractivity contribution >= 4 is 5.91 Å². The molecule has 0 aliphatic carbocycles. The zero-order valence-electron chi connectivity index (χ0n) is 14.1. The van der Waals surface area contributed by atoms with Crippen molar-refractivity contribution in [1.29, 1.82) is 0 Å². The highest BCUT2D eigenvalue weighted by molar-refractivity contribution is 5.77. The van der Waals surface area contributed by atoms with Gasteiger partial charge in [-0.25, -0.2) is 0 Å². The molecule has 3 saturated heterocycles. The molecule has 138 valence electrons. The van der Waals surface area contributed by atoms with Crippen molar-refractivity contribution < 1.29 is 22.7 Å². The van der Waals surface area contributed by atoms with Crippen molar-refractivity contribution in [2.75, 3.05) is 46.4 Å². The first-order valence-electron chi connectivity index (χ1n) is 8.72. The maximum atomic E-state index is 12.0. The highest BCUT2D eigenvalue weighted by atomic mass is 19.4. The average molecular weight is 349 g/mol. The number of ether oxygens (including phenoxy) is 1. The van der Waals surface area contributed by atoms with E-state index in [2.05, 4.69) is 21.6 Å². The number of hydrogen-bond acceptors (Lipinski definition) is 4. The van der Waals surface area contributed by atoms with Crippen molar-refractivity contribution in [3.8, 4) is 0 Å². The first kappa shape index (κ1) is 17.9. The summed E-state index contributed by atoms with van der Waals surface area (Å²) in [5.41, 5.74) is 0. The second-order valence-corrected chi connectivity index (χ2v) is 7.20. The minimum atomic E-state index is -4.38. The fraction of sp³-hybridized carbons (Fsp3) is 0.938. The van der Waals surface area contributed by atoms with Gasteiger partial charge in [-0.15, -0.1) is 0 Å². The van der Waals surface area contributed by atoms with Crippen LogP contribution in [0.4, 0.5) is 13.2 Å². The number of rotatable bonds is 4. The number of amides is 1. The van der Waals surface area contributed by atoms with E-state index in [0.717, 1.165) is 13.1 Å². The highest BCUT2D eigenvalue weighted by Crippen LogP contribution is 2.36. The van der Waals surface area contributed by atoms with Crippen LogP contribution < -0.4 is 0 Å². The molecule has 3 aliphatic rings. The van der Waals surface area contributed by atoms with Gasteiger partial charge in [0.1, 0.15) is 13.2 Å². The van der Waals surface area contributed by atoms with E-state index in [-0.39, 0.29) is 5.91 Å². The largest absolute Gasteiger partial charge is 0.411 e. The molecule has 24 heavy (non-hydrogen) atoms. The van der Waals surface area contributed by atoms with Gasteiger partial charge >= 0.3 is 6.18 Å². The van der Waals surface area contributed by atoms with Crippen molar-refractivity contribution in [2.24, 2.45) is 0 Å². The molecule has 2 bridgehead atoms. The van der Waals surface area contributed by atoms with Crippen LogP contribution in [0.25, 0.3) is 0 Å². The van der Waals surface area contributed by atoms with Crippen LogP contribution >= 0.6 is 0 Å². The molecule has 0 radical (unpaired) electrons. The standard InChI is InChI=1S/C16H26F3N3O2/c1-20-12-2-3-13(20)9-14(8-12)21-4-6-22(7-5-21)15(23)10-24-11-16(17,18)19/h12-14H,2-11H2,1H3. The van der Waals surface area contributed by atoms with Gasteiger partial charge in [0.2, 0.25) is 5.91 Å². The normalized spacial score (nSPS) is 32.3. The number of carbonyl (C=O) groups excluding carboxylic acids is 1. The van der Waals surface area contributed by atoms with E-state index in [1.165, 1.54) is 25.7 Å². The van der Waals surface area contributed by atoms with Crippen molar-refractivity contribution in [2.45, 2.75) is 50.0 Å². The summed E-state index contributed by atoms with van der Waals surface area (Å²) in [6.07, 6.45) is 0.567. The maximum Gasteiger partial charge on any atom is 0.411 e. The van der Waals surface area contributed by atoms with E-state index in [1.54, 1.807) is 4.90 Å². The van der Waals surface area contributed by atoms with E-state index in [1.807, 2.05) is 0 Å². The Morgan fingerprint density at radius 3 is 2.17 bits per heavy atom. The molecule has 1 amide bonds. The third-order valence-corrected chi connectivity index (χ3v) is 5.75. The molecule has 3 fully saturated rings. The van der Waals surface area contributed by atoms with Crippen LogP contribution in [0.3, 0.4) is 0 Å². The highest BCUT2D eigenvalue weighted by Gasteiger charge is 2.41. The predicted octanol–water partition coefficient (Wildman–Crippen LogP) is 1.33. The topological polar surface area (TPSA) is 36.0 Å². The zero-order valence-corrected chi connectivity index (χ0v) is 14.1. The number of hydrogen-bond donors (Lipinski definition) is 0. The molecule has 0 aromatic heterocycles. The molecule has 5 nitrogen and oxygen atoms in total. The lowest BCUT2D eigenvalue weighted by Crippen LogP contribution is -2.56. The lowest BCUT2D eigenvalue weighted by molar-refractivity contribution is -0.178. The quantitative estimate of drug-likeness (QED) is 0.767. The van der Waals surface area contributed by atoms with Gasteiger partial charge in [0.25, 0.3) is 0 Å². The Morgan fingerprint density at radius 1 is 1.04 bits per heavy atom. The van der Waals surface area contributed by atoms with Crippen LogP contribution in [-0.2, 0) is 9.53 Å². The summed E-state index contributed by atoms with van der Waals surface area (Å²) >= 11 is 0. The fourth-order valence-corrected chi connectivity index (χ4v) is 4.36. The number of nitrogens with zero attached hydrogens (tertiary/aromatic N) is 3. The molecule has 0 aromatic carbocycles. The summed E-state index contributed by atoms with van der Waals surface area (Å²) in [5.74, 6) is -0.345. The maximum absolute atomic E-state index is 12.0. The van der Waals surface area contributed by atoms with Crippen molar-refractivity contribution in [1.82, 2.24) is 14.7 Å². The Morgan fingerprint density at radius 2 is 1.62 bits per heavy atom. The van der Waals surface area contributed by atoms with E-state index in [9.17, 15) is 18.0 Å². The average Bonchev–Trinajstić information content (AvgIpc) is 2.75. The summed E-state index contributed by atoms with van der Waals surface area (Å²) in [7, 11) is 2.22. The number of piperidine rings is 1. The summed E-state index contributed by atoms with van der Waals surface area (Å²) in [6.45, 7) is 0.915. The SMILES string of the molecule is CN1C2CCC1CC(N1CCN(C(=O)COCC(F)(F)F)CC1)C2. The molecule has 0 aromatic rings. The predicted molar refractivity (Wildman–Crippen MR) is 82.6 cm³/mol. The first-order valence-corrected chi connectivity index (χ1v) is 8.72. The van der Waals surface area contributed by atoms with Gasteiger partial charge in [0.05, 0.1) is 0 Å². The number of carbonyl (C=O) groups is 1. The van der Waals surface area contributed by atoms with Crippen LogP contribution in [0, 0.1) is 0 Å². The Bertz CT molecular complexity index is 438. The third-order valence-electron chi connectivity index (χ3n) is 5.75. The molecular formula is C16H26F3N3O2. The van der Waals surface area contributed by atoms with Gasteiger partial charge < -0.3 is 14.5 Å². The van der Waals surface area contributed by atoms with Gasteiger partial charge in [0.15, 0.2) is 0 Å². The Kier molecular flexibility index (Phi) is 5.36. The molecule has 8 heteroatoms. The Balaban J connectivity index is 1.40. The van der Waals surface area contributed by atoms with Crippen LogP contribution in [0.1, 0.15) is 25.7 Å². The smallest absolute Gasteiger partial charge is 0.362 e. The molecule has 0 saturated carbocycles. The molecule has 2 atom stereocenters. The lowest BCUT2D eigenvalue weighted by Gasteiger charge is -2.45. The Labute approximate surface area is 140 Å². The fourth-order valence-electron chi connectivity index (χ4n) is 4.36. The molecule has 2 unspecified atom stereocenters. The summed E-state index contributed by atoms with van der Waals surface area (Å²) in [4.78, 5) is 18.5. The van der Waals surface area contributed by atoms with Crippen molar-refractivity contribution in [3.63, 3.8) is 0 Å². The number of piperazine rings is 1. The summed E-state index contributed by atoms with van der Waals surface area (Å²) in [6, 6.07) is 1.95. The van der Waals surface area contributed by atoms with Gasteiger partial charge in [-0.05, 0) is 32.7 Å². The molecule has 0 N–H and O–H groups in total. The van der Waals surface area contributed by atoms with E-state index < -0.39 is 19.4 Å². The van der Waals surface area contributed by atoms with Crippen LogP contribution in [0.5, 0.6) is 0 Å². The van der Waals surface area contributed by atoms with Crippen molar-refractivity contribution in [3.05, 3.63) is 0 Å². The van der Waals surface area contributed by atoms with Gasteiger partial charge in [0, 0.05) is 44.3 Å². The summed E-state index contributed by atoms with van der Waals surface area (Å²) in [5, 5.41) is 0. The second-order valence-electron chi connectivity index (χ2n) is 7.20. The van der Waals surface area contributed by atoms with E-state index in [4.69, 9.17) is 0 Å². The number of alkyl halides is 3. The minimum absolute atomic E-state index is 0.345. The summed E-state index contributed by atoms with van der Waals surface area (Å²) < 4.78 is 40.6. The van der Waals surface area contributed by atoms with E-state index in [0.29, 0.717) is 31.2 Å². The van der Waals surface area contributed by atoms with Crippen LogP contribution in [-0.4, -0.2) is 91.3 Å². The Hall–Kier alpha value is -0.860. The van der Waals surface area contributed by atoms with Gasteiger partial charge in [-0.3, -0.25) is 9.69 Å². The first-order chi connectivity index (χ1) is 11.3. The van der Waals surface area contributed by atoms with Gasteiger partial charge in [-0.1, -0.05) is 0 Å². The second kappa shape index (κ2) is 7.17. The molecular weight excluding hydrogens is 323 g/mol. The minimum Gasteiger partial charge on any atom is -0.362 e. The number of halogens is 3. The molecule has 3 rings (SSSR count). The van der Waals surface area contributed by atoms with Gasteiger partial charge in [-0.2, -0.15) is 13.2 Å². The number of fused-ring (bicyclic) bond motifs is 2. The molecule has 3 aliphatic heterocycles. The zero-order chi connectivity index (χ0) is 17.3. The van der Waals surface area contributed by atoms with E-state index >= 15 is 0 Å². The monoisotopic (exact) mass is 349 g/mol.